The molecule has 0 saturated carbocycles. The predicted molar refractivity (Wildman–Crippen MR) is 125 cm³/mol. The Morgan fingerprint density at radius 3 is 1.60 bits per heavy atom. The van der Waals surface area contributed by atoms with E-state index in [-0.39, 0.29) is 0 Å². The van der Waals surface area contributed by atoms with Gasteiger partial charge in [0.25, 0.3) is 0 Å². The van der Waals surface area contributed by atoms with Crippen LogP contribution in [0.4, 0.5) is 0 Å². The summed E-state index contributed by atoms with van der Waals surface area (Å²) in [6.07, 6.45) is 2.20. The molecule has 0 aliphatic heterocycles. The normalized spacial score (nSPS) is 9.77. The van der Waals surface area contributed by atoms with Gasteiger partial charge in [0.2, 0.25) is 0 Å². The van der Waals surface area contributed by atoms with Crippen LogP contribution in [0.15, 0.2) is 72.1 Å². The molecular weight excluding hydrogens is 618 g/mol. The van der Waals surface area contributed by atoms with Crippen molar-refractivity contribution in [2.24, 2.45) is 0 Å². The molecule has 182 valence electrons. The number of ether oxygens (including phenoxy) is 2. The van der Waals surface area contributed by atoms with Crippen LogP contribution < -0.4 is 0 Å². The van der Waals surface area contributed by atoms with Gasteiger partial charge in [0.1, 0.15) is 0 Å². The Kier molecular flexibility index (Phi) is 26.8. The van der Waals surface area contributed by atoms with Gasteiger partial charge in [0, 0.05) is 0 Å². The van der Waals surface area contributed by atoms with Gasteiger partial charge >= 0.3 is 219 Å². The minimum atomic E-state index is 0.596. The first-order valence-corrected chi connectivity index (χ1v) is 11.4. The van der Waals surface area contributed by atoms with E-state index in [4.69, 9.17) is 28.1 Å². The van der Waals surface area contributed by atoms with Gasteiger partial charge in [0.15, 0.2) is 0 Å². The number of benzene rings is 2. The third kappa shape index (κ3) is 14.1. The molecule has 0 fully saturated rings. The first-order valence-electron chi connectivity index (χ1n) is 9.94. The standard InChI is InChI=1S/C23H27NO2.4CO.W/c1-5-25-18-22(23(24(3)4)26-6-2)21(20-15-11-8-12-16-20)17-19-13-9-7-10-14-19;4*1-2;/h7-17H,5-6H2,1-4H3;;;;;/b21-17-,23-22-;;;;;. The molecule has 2 aromatic carbocycles. The van der Waals surface area contributed by atoms with Gasteiger partial charge in [-0.2, -0.15) is 0 Å². The van der Waals surface area contributed by atoms with Crippen LogP contribution in [0.25, 0.3) is 11.6 Å². The maximum atomic E-state index is 7.50. The van der Waals surface area contributed by atoms with Crippen molar-refractivity contribution in [2.45, 2.75) is 13.8 Å². The van der Waals surface area contributed by atoms with Crippen LogP contribution in [0.2, 0.25) is 0 Å². The van der Waals surface area contributed by atoms with Crippen LogP contribution in [0.5, 0.6) is 0 Å². The molecule has 0 aliphatic carbocycles. The van der Waals surface area contributed by atoms with E-state index in [1.54, 1.807) is 0 Å². The number of nitrogens with zero attached hydrogens (tertiary/aromatic N) is 1. The van der Waals surface area contributed by atoms with E-state index in [9.17, 15) is 0 Å². The van der Waals surface area contributed by atoms with Crippen molar-refractivity contribution < 1.29 is 47.4 Å². The van der Waals surface area contributed by atoms with Crippen molar-refractivity contribution in [2.75, 3.05) is 27.3 Å². The second-order valence-electron chi connectivity index (χ2n) is 6.06. The van der Waals surface area contributed by atoms with E-state index >= 15 is 0 Å². The van der Waals surface area contributed by atoms with Crippen LogP contribution in [0, 0.1) is 26.6 Å². The second-order valence-corrected chi connectivity index (χ2v) is 7.39. The van der Waals surface area contributed by atoms with Gasteiger partial charge in [-0.25, -0.2) is 0 Å². The Balaban J connectivity index is -0.00000116. The van der Waals surface area contributed by atoms with E-state index in [1.165, 1.54) is 19.4 Å². The van der Waals surface area contributed by atoms with E-state index in [0.717, 1.165) is 32.2 Å². The number of hydrogen-bond acceptors (Lipinski definition) is 3. The van der Waals surface area contributed by atoms with Crippen LogP contribution in [-0.4, -0.2) is 36.3 Å². The van der Waals surface area contributed by atoms with Crippen LogP contribution in [0.1, 0.15) is 25.0 Å². The average Bonchev–Trinajstić information content (AvgIpc) is 2.93. The van der Waals surface area contributed by atoms with Crippen molar-refractivity contribution in [3.8, 4) is 0 Å². The van der Waals surface area contributed by atoms with E-state index in [0.29, 0.717) is 13.2 Å². The topological polar surface area (TPSA) is 101 Å². The Hall–Kier alpha value is -3.00. The fraction of sp³-hybridized carbons (Fsp3) is 0.222. The van der Waals surface area contributed by atoms with E-state index in [1.807, 2.05) is 45.0 Å². The van der Waals surface area contributed by atoms with Gasteiger partial charge in [-0.05, 0) is 0 Å². The second kappa shape index (κ2) is 25.6. The summed E-state index contributed by atoms with van der Waals surface area (Å²) in [7, 11) is 4.01. The number of hydrogen-bond donors (Lipinski definition) is 0. The summed E-state index contributed by atoms with van der Waals surface area (Å²) >= 11 is 1.27. The fourth-order valence-electron chi connectivity index (χ4n) is 2.71. The molecule has 0 bridgehead atoms. The molecule has 7 nitrogen and oxygen atoms in total. The van der Waals surface area contributed by atoms with E-state index < -0.39 is 0 Å². The van der Waals surface area contributed by atoms with Gasteiger partial charge in [-0.3, -0.25) is 0 Å². The Morgan fingerprint density at radius 1 is 0.771 bits per heavy atom. The monoisotopic (exact) mass is 645 g/mol. The summed E-state index contributed by atoms with van der Waals surface area (Å²) in [5.41, 5.74) is 4.38. The van der Waals surface area contributed by atoms with Crippen molar-refractivity contribution in [3.05, 3.63) is 110 Å². The third-order valence-corrected chi connectivity index (χ3v) is 5.00. The molecule has 0 aromatic heterocycles. The molecule has 0 aliphatic rings. The zero-order chi connectivity index (χ0) is 27.6. The first-order chi connectivity index (χ1) is 17.1. The Labute approximate surface area is 218 Å². The molecule has 2 rings (SSSR count). The summed E-state index contributed by atoms with van der Waals surface area (Å²) in [5.74, 6) is 0.821. The van der Waals surface area contributed by atoms with E-state index in [2.05, 4.69) is 81.2 Å². The SMILES string of the molecule is CCO[C](=[W])C(/C(=C\c1ccccc1)c1ccccc1)=C(/OCC)N(C)C.[C-]#[O+].[C-]#[O+].[C-]#[O+].[C-]#[O+]. The molecule has 0 N–H and O–H groups in total. The molecule has 0 radical (unpaired) electrons. The summed E-state index contributed by atoms with van der Waals surface area (Å²) in [4.78, 5) is 2.02. The van der Waals surface area contributed by atoms with Gasteiger partial charge in [-0.15, -0.1) is 0 Å². The van der Waals surface area contributed by atoms with Crippen molar-refractivity contribution in [3.63, 3.8) is 0 Å². The molecule has 0 heterocycles. The predicted octanol–water partition coefficient (Wildman–Crippen LogP) is 4.60. The fourth-order valence-corrected chi connectivity index (χ4v) is 3.84. The van der Waals surface area contributed by atoms with Crippen molar-refractivity contribution in [1.82, 2.24) is 4.90 Å². The van der Waals surface area contributed by atoms with Crippen LogP contribution in [-0.2, 0) is 47.4 Å². The molecule has 0 atom stereocenters. The third-order valence-electron chi connectivity index (χ3n) is 3.85. The molecule has 8 heteroatoms. The van der Waals surface area contributed by atoms with Crippen LogP contribution in [0.3, 0.4) is 0 Å². The Bertz CT molecular complexity index is 950. The quantitative estimate of drug-likeness (QED) is 0.131. The molecule has 0 unspecified atom stereocenters. The average molecular weight is 645 g/mol. The van der Waals surface area contributed by atoms with Crippen molar-refractivity contribution in [1.29, 1.82) is 0 Å². The van der Waals surface area contributed by atoms with Crippen molar-refractivity contribution >= 4 is 15.7 Å². The van der Waals surface area contributed by atoms with Crippen LogP contribution >= 0.6 is 0 Å². The zero-order valence-corrected chi connectivity index (χ0v) is 23.0. The van der Waals surface area contributed by atoms with Gasteiger partial charge < -0.3 is 0 Å². The molecule has 0 saturated heterocycles. The van der Waals surface area contributed by atoms with Gasteiger partial charge in [-0.1, -0.05) is 0 Å². The Morgan fingerprint density at radius 2 is 1.20 bits per heavy atom. The summed E-state index contributed by atoms with van der Waals surface area (Å²) in [6, 6.07) is 20.8. The number of rotatable bonds is 9. The summed E-state index contributed by atoms with van der Waals surface area (Å²) in [5, 5.41) is 0. The first kappa shape index (κ1) is 36.6. The summed E-state index contributed by atoms with van der Waals surface area (Å²) in [6.45, 7) is 23.2. The maximum absolute atomic E-state index is 7.50. The minimum absolute atomic E-state index is 0.596. The molecule has 2 aromatic rings. The van der Waals surface area contributed by atoms with Gasteiger partial charge in [0.05, 0.1) is 0 Å². The zero-order valence-electron chi connectivity index (χ0n) is 20.1. The molecule has 0 amide bonds. The summed E-state index contributed by atoms with van der Waals surface area (Å²) < 4.78 is 43.0. The molecular formula is C27H27NO6W. The molecule has 35 heavy (non-hydrogen) atoms. The molecule has 0 spiro atoms.